The number of hydrogen-bond donors (Lipinski definition) is 0. The number of likely N-dealkylation sites (tertiary alicyclic amines) is 1. The van der Waals surface area contributed by atoms with Crippen molar-refractivity contribution in [1.29, 1.82) is 0 Å². The Bertz CT molecular complexity index is 734. The number of carbonyl (C=O) groups excluding carboxylic acids is 2. The van der Waals surface area contributed by atoms with Crippen molar-refractivity contribution in [3.63, 3.8) is 0 Å². The minimum Gasteiger partial charge on any atom is -0.465 e. The zero-order chi connectivity index (χ0) is 19.1. The Kier molecular flexibility index (Phi) is 4.90. The molecule has 1 amide bonds. The molecule has 0 radical (unpaired) electrons. The number of ether oxygens (including phenoxy) is 2. The summed E-state index contributed by atoms with van der Waals surface area (Å²) in [4.78, 5) is 32.7. The van der Waals surface area contributed by atoms with E-state index in [2.05, 4.69) is 25.8 Å². The number of esters is 1. The Balaban J connectivity index is 1.82. The molecule has 1 aromatic heterocycles. The molecule has 0 bridgehead atoms. The normalized spacial score (nSPS) is 22.3. The van der Waals surface area contributed by atoms with E-state index in [4.69, 9.17) is 9.47 Å². The second-order valence-electron chi connectivity index (χ2n) is 7.79. The van der Waals surface area contributed by atoms with E-state index in [1.807, 2.05) is 25.7 Å². The molecule has 0 saturated carbocycles. The molecule has 2 aliphatic heterocycles. The molecule has 2 fully saturated rings. The van der Waals surface area contributed by atoms with Gasteiger partial charge in [0.05, 0.1) is 22.8 Å². The molecule has 1 unspecified atom stereocenters. The van der Waals surface area contributed by atoms with Crippen molar-refractivity contribution >= 4 is 33.7 Å². The van der Waals surface area contributed by atoms with E-state index in [0.717, 1.165) is 29.5 Å². The van der Waals surface area contributed by atoms with E-state index in [0.29, 0.717) is 18.7 Å². The molecule has 0 N–H and O–H groups in total. The monoisotopic (exact) mass is 425 g/mol. The molecular weight excluding hydrogens is 402 g/mol. The molecule has 142 valence electrons. The maximum atomic E-state index is 12.5. The van der Waals surface area contributed by atoms with Crippen LogP contribution in [0.2, 0.25) is 0 Å². The van der Waals surface area contributed by atoms with E-state index >= 15 is 0 Å². The summed E-state index contributed by atoms with van der Waals surface area (Å²) in [5.74, 6) is -0.424. The smallest absolute Gasteiger partial charge is 0.410 e. The van der Waals surface area contributed by atoms with Crippen LogP contribution in [0.1, 0.15) is 44.0 Å². The first kappa shape index (κ1) is 18.9. The minimum absolute atomic E-state index is 0.238. The van der Waals surface area contributed by atoms with Gasteiger partial charge in [-0.1, -0.05) is 0 Å². The Hall–Kier alpha value is -1.83. The van der Waals surface area contributed by atoms with Gasteiger partial charge < -0.3 is 19.3 Å². The molecule has 1 atom stereocenters. The lowest BCUT2D eigenvalue weighted by atomic mass is 9.84. The Labute approximate surface area is 161 Å². The third-order valence-corrected chi connectivity index (χ3v) is 5.49. The van der Waals surface area contributed by atoms with Crippen LogP contribution in [0, 0.1) is 0 Å². The number of halogens is 1. The third-order valence-electron chi connectivity index (χ3n) is 4.91. The number of hydrogen-bond acceptors (Lipinski definition) is 6. The maximum Gasteiger partial charge on any atom is 0.410 e. The molecule has 3 rings (SSSR count). The largest absolute Gasteiger partial charge is 0.465 e. The maximum absolute atomic E-state index is 12.5. The standard InChI is InChI=1S/C18H24BrN3O4/c1-17(2,3)26-16(24)22-8-6-18(22)5-7-21(11-18)14-12(15(23)25-4)9-20-10-13(14)19/h9-10H,5-8,11H2,1-4H3. The summed E-state index contributed by atoms with van der Waals surface area (Å²) in [6.07, 6.45) is 4.68. The lowest BCUT2D eigenvalue weighted by molar-refractivity contribution is -0.0362. The first-order valence-corrected chi connectivity index (χ1v) is 9.43. The first-order valence-electron chi connectivity index (χ1n) is 8.64. The van der Waals surface area contributed by atoms with Crippen molar-refractivity contribution < 1.29 is 19.1 Å². The number of amides is 1. The fraction of sp³-hybridized carbons (Fsp3) is 0.611. The second-order valence-corrected chi connectivity index (χ2v) is 8.64. The summed E-state index contributed by atoms with van der Waals surface area (Å²) in [6, 6.07) is 0. The highest BCUT2D eigenvalue weighted by molar-refractivity contribution is 9.10. The van der Waals surface area contributed by atoms with Gasteiger partial charge in [-0.2, -0.15) is 0 Å². The number of anilines is 1. The third kappa shape index (κ3) is 3.39. The first-order chi connectivity index (χ1) is 12.2. The van der Waals surface area contributed by atoms with Crippen molar-refractivity contribution in [1.82, 2.24) is 9.88 Å². The summed E-state index contributed by atoms with van der Waals surface area (Å²) in [6.45, 7) is 7.70. The summed E-state index contributed by atoms with van der Waals surface area (Å²) in [5.41, 5.74) is 0.429. The van der Waals surface area contributed by atoms with Gasteiger partial charge in [-0.15, -0.1) is 0 Å². The van der Waals surface area contributed by atoms with E-state index in [1.54, 1.807) is 6.20 Å². The van der Waals surface area contributed by atoms with Gasteiger partial charge in [0, 0.05) is 32.0 Å². The van der Waals surface area contributed by atoms with E-state index in [1.165, 1.54) is 13.3 Å². The zero-order valence-corrected chi connectivity index (χ0v) is 17.1. The lowest BCUT2D eigenvalue weighted by Crippen LogP contribution is -2.64. The summed E-state index contributed by atoms with van der Waals surface area (Å²) in [5, 5.41) is 0. The van der Waals surface area contributed by atoms with Crippen LogP contribution >= 0.6 is 15.9 Å². The number of methoxy groups -OCH3 is 1. The van der Waals surface area contributed by atoms with Crippen LogP contribution in [0.5, 0.6) is 0 Å². The fourth-order valence-corrected chi connectivity index (χ4v) is 4.20. The number of rotatable bonds is 2. The van der Waals surface area contributed by atoms with Gasteiger partial charge in [0.25, 0.3) is 0 Å². The Morgan fingerprint density at radius 3 is 2.50 bits per heavy atom. The number of aromatic nitrogens is 1. The highest BCUT2D eigenvalue weighted by Gasteiger charge is 2.53. The van der Waals surface area contributed by atoms with Crippen molar-refractivity contribution in [3.05, 3.63) is 22.4 Å². The van der Waals surface area contributed by atoms with Crippen molar-refractivity contribution in [2.24, 2.45) is 0 Å². The topological polar surface area (TPSA) is 72.0 Å². The van der Waals surface area contributed by atoms with Gasteiger partial charge in [0.1, 0.15) is 11.2 Å². The van der Waals surface area contributed by atoms with Crippen LogP contribution in [0.25, 0.3) is 0 Å². The Morgan fingerprint density at radius 1 is 1.23 bits per heavy atom. The van der Waals surface area contributed by atoms with E-state index in [-0.39, 0.29) is 11.6 Å². The number of pyridine rings is 1. The summed E-state index contributed by atoms with van der Waals surface area (Å²) < 4.78 is 11.2. The van der Waals surface area contributed by atoms with Crippen LogP contribution in [0.4, 0.5) is 10.5 Å². The zero-order valence-electron chi connectivity index (χ0n) is 15.5. The predicted octanol–water partition coefficient (Wildman–Crippen LogP) is 3.22. The SMILES string of the molecule is COC(=O)c1cncc(Br)c1N1CCC2(CCN2C(=O)OC(C)(C)C)C1. The molecular formula is C18H24BrN3O4. The van der Waals surface area contributed by atoms with Crippen molar-refractivity contribution in [2.75, 3.05) is 31.6 Å². The average Bonchev–Trinajstić information content (AvgIpc) is 2.98. The second kappa shape index (κ2) is 6.72. The molecule has 0 aromatic carbocycles. The molecule has 8 heteroatoms. The molecule has 1 spiro atoms. The molecule has 2 aliphatic rings. The van der Waals surface area contributed by atoms with Crippen LogP contribution in [-0.4, -0.2) is 59.8 Å². The Morgan fingerprint density at radius 2 is 1.92 bits per heavy atom. The summed E-state index contributed by atoms with van der Waals surface area (Å²) in [7, 11) is 1.36. The number of nitrogens with zero attached hydrogens (tertiary/aromatic N) is 3. The minimum atomic E-state index is -0.516. The molecule has 26 heavy (non-hydrogen) atoms. The van der Waals surface area contributed by atoms with Crippen LogP contribution in [-0.2, 0) is 9.47 Å². The predicted molar refractivity (Wildman–Crippen MR) is 100 cm³/mol. The van der Waals surface area contributed by atoms with Gasteiger partial charge in [0.15, 0.2) is 0 Å². The molecule has 2 saturated heterocycles. The van der Waals surface area contributed by atoms with Gasteiger partial charge in [-0.05, 0) is 49.5 Å². The fourth-order valence-electron chi connectivity index (χ4n) is 3.62. The highest BCUT2D eigenvalue weighted by atomic mass is 79.9. The van der Waals surface area contributed by atoms with Crippen molar-refractivity contribution in [3.8, 4) is 0 Å². The van der Waals surface area contributed by atoms with Crippen molar-refractivity contribution in [2.45, 2.75) is 44.8 Å². The quantitative estimate of drug-likeness (QED) is 0.677. The molecule has 1 aromatic rings. The van der Waals surface area contributed by atoms with Gasteiger partial charge in [-0.25, -0.2) is 9.59 Å². The highest BCUT2D eigenvalue weighted by Crippen LogP contribution is 2.43. The molecule has 7 nitrogen and oxygen atoms in total. The van der Waals surface area contributed by atoms with E-state index < -0.39 is 11.6 Å². The molecule has 3 heterocycles. The van der Waals surface area contributed by atoms with Crippen LogP contribution in [0.3, 0.4) is 0 Å². The van der Waals surface area contributed by atoms with Gasteiger partial charge in [0.2, 0.25) is 0 Å². The average molecular weight is 426 g/mol. The van der Waals surface area contributed by atoms with E-state index in [9.17, 15) is 9.59 Å². The van der Waals surface area contributed by atoms with Crippen LogP contribution < -0.4 is 4.90 Å². The summed E-state index contributed by atoms with van der Waals surface area (Å²) >= 11 is 3.50. The lowest BCUT2D eigenvalue weighted by Gasteiger charge is -2.50. The van der Waals surface area contributed by atoms with Gasteiger partial charge in [-0.3, -0.25) is 4.98 Å². The van der Waals surface area contributed by atoms with Crippen LogP contribution in [0.15, 0.2) is 16.9 Å². The van der Waals surface area contributed by atoms with Gasteiger partial charge >= 0.3 is 12.1 Å². The molecule has 0 aliphatic carbocycles. The number of carbonyl (C=O) groups is 2.